The van der Waals surface area contributed by atoms with Crippen molar-refractivity contribution in [3.63, 3.8) is 0 Å². The standard InChI is InChI=1S/C17H25N3O2.ClH/c1-12(13(2)18)17(22)19-10-14-5-7-15(8-6-14)11-20-9-3-4-16(20)21;/h5-8,12-13H,3-4,9-11,18H2,1-2H3,(H,19,22);1H. The summed E-state index contributed by atoms with van der Waals surface area (Å²) in [7, 11) is 0. The summed E-state index contributed by atoms with van der Waals surface area (Å²) in [6, 6.07) is 7.86. The Balaban J connectivity index is 0.00000264. The minimum Gasteiger partial charge on any atom is -0.352 e. The predicted octanol–water partition coefficient (Wildman–Crippen LogP) is 1.83. The summed E-state index contributed by atoms with van der Waals surface area (Å²) in [6.07, 6.45) is 1.63. The Hall–Kier alpha value is -1.59. The number of nitrogens with zero attached hydrogens (tertiary/aromatic N) is 1. The van der Waals surface area contributed by atoms with Crippen LogP contribution in [-0.4, -0.2) is 29.3 Å². The topological polar surface area (TPSA) is 75.4 Å². The monoisotopic (exact) mass is 339 g/mol. The molecule has 6 heteroatoms. The summed E-state index contributed by atoms with van der Waals surface area (Å²) in [4.78, 5) is 25.4. The molecule has 1 aromatic rings. The van der Waals surface area contributed by atoms with Crippen molar-refractivity contribution in [2.24, 2.45) is 11.7 Å². The highest BCUT2D eigenvalue weighted by Gasteiger charge is 2.20. The summed E-state index contributed by atoms with van der Waals surface area (Å²) in [5.41, 5.74) is 7.88. The molecule has 1 aliphatic heterocycles. The average Bonchev–Trinajstić information content (AvgIpc) is 2.90. The summed E-state index contributed by atoms with van der Waals surface area (Å²) < 4.78 is 0. The molecule has 0 radical (unpaired) electrons. The second-order valence-corrected chi connectivity index (χ2v) is 6.10. The number of carbonyl (C=O) groups excluding carboxylic acids is 2. The van der Waals surface area contributed by atoms with Gasteiger partial charge in [0.25, 0.3) is 0 Å². The third-order valence-electron chi connectivity index (χ3n) is 4.24. The van der Waals surface area contributed by atoms with Crippen molar-refractivity contribution >= 4 is 24.2 Å². The Morgan fingerprint density at radius 2 is 1.87 bits per heavy atom. The van der Waals surface area contributed by atoms with Gasteiger partial charge in [0.2, 0.25) is 11.8 Å². The zero-order valence-corrected chi connectivity index (χ0v) is 14.6. The molecular weight excluding hydrogens is 314 g/mol. The van der Waals surface area contributed by atoms with Gasteiger partial charge in [-0.15, -0.1) is 12.4 Å². The Kier molecular flexibility index (Phi) is 7.52. The van der Waals surface area contributed by atoms with Crippen LogP contribution < -0.4 is 11.1 Å². The Morgan fingerprint density at radius 3 is 2.39 bits per heavy atom. The van der Waals surface area contributed by atoms with E-state index in [0.29, 0.717) is 19.5 Å². The van der Waals surface area contributed by atoms with Gasteiger partial charge in [-0.2, -0.15) is 0 Å². The van der Waals surface area contributed by atoms with Crippen molar-refractivity contribution in [1.29, 1.82) is 0 Å². The number of nitrogens with one attached hydrogen (secondary N) is 1. The Morgan fingerprint density at radius 1 is 1.26 bits per heavy atom. The van der Waals surface area contributed by atoms with Crippen LogP contribution in [0.2, 0.25) is 0 Å². The van der Waals surface area contributed by atoms with Crippen LogP contribution in [0.1, 0.15) is 37.8 Å². The average molecular weight is 340 g/mol. The van der Waals surface area contributed by atoms with Gasteiger partial charge < -0.3 is 16.0 Å². The predicted molar refractivity (Wildman–Crippen MR) is 93.0 cm³/mol. The van der Waals surface area contributed by atoms with Crippen LogP contribution in [0.5, 0.6) is 0 Å². The maximum Gasteiger partial charge on any atom is 0.224 e. The number of likely N-dealkylation sites (tertiary alicyclic amines) is 1. The minimum absolute atomic E-state index is 0. The highest BCUT2D eigenvalue weighted by Crippen LogP contribution is 2.14. The Bertz CT molecular complexity index is 531. The third kappa shape index (κ3) is 5.52. The van der Waals surface area contributed by atoms with Gasteiger partial charge in [-0.05, 0) is 24.5 Å². The molecule has 2 rings (SSSR count). The number of carbonyl (C=O) groups is 2. The summed E-state index contributed by atoms with van der Waals surface area (Å²) in [5.74, 6) is 0.0171. The number of hydrogen-bond acceptors (Lipinski definition) is 3. The molecule has 1 fully saturated rings. The quantitative estimate of drug-likeness (QED) is 0.830. The lowest BCUT2D eigenvalue weighted by Crippen LogP contribution is -2.38. The molecule has 2 unspecified atom stereocenters. The van der Waals surface area contributed by atoms with Crippen molar-refractivity contribution in [3.8, 4) is 0 Å². The molecule has 5 nitrogen and oxygen atoms in total. The molecule has 1 heterocycles. The number of benzene rings is 1. The Labute approximate surface area is 144 Å². The van der Waals surface area contributed by atoms with Crippen LogP contribution >= 0.6 is 12.4 Å². The van der Waals surface area contributed by atoms with Gasteiger partial charge in [0.1, 0.15) is 0 Å². The van der Waals surface area contributed by atoms with Gasteiger partial charge in [-0.1, -0.05) is 31.2 Å². The lowest BCUT2D eigenvalue weighted by Gasteiger charge is -2.16. The van der Waals surface area contributed by atoms with Crippen LogP contribution in [0.15, 0.2) is 24.3 Å². The molecular formula is C17H26ClN3O2. The first-order chi connectivity index (χ1) is 10.5. The van der Waals surface area contributed by atoms with Gasteiger partial charge in [0.05, 0.1) is 0 Å². The molecule has 128 valence electrons. The van der Waals surface area contributed by atoms with Crippen molar-refractivity contribution in [2.75, 3.05) is 6.54 Å². The maximum atomic E-state index is 11.9. The van der Waals surface area contributed by atoms with Gasteiger partial charge in [0.15, 0.2) is 0 Å². The number of hydrogen-bond donors (Lipinski definition) is 2. The van der Waals surface area contributed by atoms with E-state index in [9.17, 15) is 9.59 Å². The normalized spacial score (nSPS) is 16.7. The van der Waals surface area contributed by atoms with E-state index >= 15 is 0 Å². The molecule has 1 saturated heterocycles. The fraction of sp³-hybridized carbons (Fsp3) is 0.529. The van der Waals surface area contributed by atoms with Gasteiger partial charge >= 0.3 is 0 Å². The summed E-state index contributed by atoms with van der Waals surface area (Å²) >= 11 is 0. The van der Waals surface area contributed by atoms with Crippen molar-refractivity contribution in [2.45, 2.75) is 45.8 Å². The molecule has 2 amide bonds. The smallest absolute Gasteiger partial charge is 0.224 e. The molecule has 23 heavy (non-hydrogen) atoms. The molecule has 0 saturated carbocycles. The van der Waals surface area contributed by atoms with E-state index in [0.717, 1.165) is 24.1 Å². The van der Waals surface area contributed by atoms with Crippen LogP contribution in [0, 0.1) is 5.92 Å². The van der Waals surface area contributed by atoms with Gasteiger partial charge in [-0.25, -0.2) is 0 Å². The highest BCUT2D eigenvalue weighted by molar-refractivity contribution is 5.85. The fourth-order valence-electron chi connectivity index (χ4n) is 2.44. The second kappa shape index (κ2) is 8.89. The molecule has 0 aliphatic carbocycles. The van der Waals surface area contributed by atoms with E-state index in [1.54, 1.807) is 0 Å². The molecule has 0 spiro atoms. The summed E-state index contributed by atoms with van der Waals surface area (Å²) in [6.45, 7) is 5.69. The first-order valence-corrected chi connectivity index (χ1v) is 7.86. The van der Waals surface area contributed by atoms with Crippen LogP contribution in [0.4, 0.5) is 0 Å². The zero-order chi connectivity index (χ0) is 16.1. The van der Waals surface area contributed by atoms with E-state index < -0.39 is 0 Å². The zero-order valence-electron chi connectivity index (χ0n) is 13.7. The van der Waals surface area contributed by atoms with Crippen LogP contribution in [-0.2, 0) is 22.7 Å². The first kappa shape index (κ1) is 19.5. The van der Waals surface area contributed by atoms with E-state index in [1.807, 2.05) is 43.0 Å². The second-order valence-electron chi connectivity index (χ2n) is 6.10. The molecule has 1 aromatic carbocycles. The molecule has 2 atom stereocenters. The molecule has 0 bridgehead atoms. The molecule has 3 N–H and O–H groups in total. The third-order valence-corrected chi connectivity index (χ3v) is 4.24. The molecule has 1 aliphatic rings. The SMILES string of the molecule is CC(N)C(C)C(=O)NCc1ccc(CN2CCCC2=O)cc1.Cl. The first-order valence-electron chi connectivity index (χ1n) is 7.86. The number of amides is 2. The van der Waals surface area contributed by atoms with Crippen LogP contribution in [0.25, 0.3) is 0 Å². The van der Waals surface area contributed by atoms with Crippen molar-refractivity contribution in [3.05, 3.63) is 35.4 Å². The number of rotatable bonds is 6. The fourth-order valence-corrected chi connectivity index (χ4v) is 2.44. The van der Waals surface area contributed by atoms with E-state index in [1.165, 1.54) is 0 Å². The minimum atomic E-state index is -0.194. The van der Waals surface area contributed by atoms with E-state index in [-0.39, 0.29) is 36.2 Å². The number of halogens is 1. The van der Waals surface area contributed by atoms with Gasteiger partial charge in [-0.3, -0.25) is 9.59 Å². The highest BCUT2D eigenvalue weighted by atomic mass is 35.5. The number of nitrogens with two attached hydrogens (primary N) is 1. The maximum absolute atomic E-state index is 11.9. The van der Waals surface area contributed by atoms with Gasteiger partial charge in [0, 0.05) is 38.0 Å². The summed E-state index contributed by atoms with van der Waals surface area (Å²) in [5, 5.41) is 2.90. The lowest BCUT2D eigenvalue weighted by atomic mass is 10.0. The van der Waals surface area contributed by atoms with Crippen molar-refractivity contribution in [1.82, 2.24) is 10.2 Å². The van der Waals surface area contributed by atoms with E-state index in [2.05, 4.69) is 5.32 Å². The van der Waals surface area contributed by atoms with Crippen LogP contribution in [0.3, 0.4) is 0 Å². The molecule has 0 aromatic heterocycles. The lowest BCUT2D eigenvalue weighted by molar-refractivity contribution is -0.128. The van der Waals surface area contributed by atoms with Crippen molar-refractivity contribution < 1.29 is 9.59 Å². The van der Waals surface area contributed by atoms with E-state index in [4.69, 9.17) is 5.73 Å². The largest absolute Gasteiger partial charge is 0.352 e.